The molecule has 1 aliphatic heterocycles. The lowest BCUT2D eigenvalue weighted by molar-refractivity contribution is 0.0970. The van der Waals surface area contributed by atoms with Crippen molar-refractivity contribution in [1.82, 2.24) is 15.1 Å². The molecule has 0 aromatic heterocycles. The van der Waals surface area contributed by atoms with Crippen LogP contribution in [-0.2, 0) is 0 Å². The molecule has 1 amide bonds. The molecule has 0 unspecified atom stereocenters. The maximum atomic E-state index is 12.1. The molecule has 1 heterocycles. The molecule has 19 heavy (non-hydrogen) atoms. The molecule has 1 fully saturated rings. The predicted octanol–water partition coefficient (Wildman–Crippen LogP) is 1.71. The monoisotopic (exact) mass is 341 g/mol. The van der Waals surface area contributed by atoms with Gasteiger partial charge in [0.25, 0.3) is 5.91 Å². The van der Waals surface area contributed by atoms with Crippen molar-refractivity contribution in [2.45, 2.75) is 0 Å². The van der Waals surface area contributed by atoms with E-state index in [1.165, 1.54) is 0 Å². The number of halogens is 1. The molecule has 0 spiro atoms. The molecule has 4 nitrogen and oxygen atoms in total. The Morgan fingerprint density at radius 2 is 2.00 bits per heavy atom. The van der Waals surface area contributed by atoms with Gasteiger partial charge in [-0.1, -0.05) is 22.0 Å². The molecule has 6 heteroatoms. The second kappa shape index (κ2) is 6.45. The molecular formula is C13H16BrN3OS. The van der Waals surface area contributed by atoms with Crippen molar-refractivity contribution in [2.24, 2.45) is 0 Å². The van der Waals surface area contributed by atoms with Gasteiger partial charge in [-0.05, 0) is 37.5 Å². The molecular weight excluding hydrogens is 326 g/mol. The van der Waals surface area contributed by atoms with Crippen LogP contribution in [0.1, 0.15) is 10.4 Å². The normalized spacial score (nSPS) is 16.2. The Morgan fingerprint density at radius 3 is 2.63 bits per heavy atom. The molecule has 1 aliphatic rings. The summed E-state index contributed by atoms with van der Waals surface area (Å²) in [4.78, 5) is 16.3. The van der Waals surface area contributed by atoms with E-state index in [1.54, 1.807) is 12.1 Å². The number of thiocarbonyl (C=S) groups is 1. The van der Waals surface area contributed by atoms with Gasteiger partial charge in [-0.3, -0.25) is 10.1 Å². The van der Waals surface area contributed by atoms with E-state index in [2.05, 4.69) is 33.2 Å². The van der Waals surface area contributed by atoms with Gasteiger partial charge in [-0.15, -0.1) is 0 Å². The third kappa shape index (κ3) is 3.99. The Balaban J connectivity index is 1.93. The van der Waals surface area contributed by atoms with E-state index in [1.807, 2.05) is 17.0 Å². The van der Waals surface area contributed by atoms with Crippen LogP contribution < -0.4 is 5.32 Å². The standard InChI is InChI=1S/C13H16BrN3OS/c1-16-5-7-17(8-6-16)13(19)15-12(18)10-3-2-4-11(14)9-10/h2-4,9H,5-8H2,1H3,(H,15,18,19). The fraction of sp³-hybridized carbons (Fsp3) is 0.385. The van der Waals surface area contributed by atoms with Crippen molar-refractivity contribution in [3.63, 3.8) is 0 Å². The average molecular weight is 342 g/mol. The number of hydrogen-bond donors (Lipinski definition) is 1. The highest BCUT2D eigenvalue weighted by Crippen LogP contribution is 2.11. The Kier molecular flexibility index (Phi) is 4.90. The van der Waals surface area contributed by atoms with Crippen molar-refractivity contribution < 1.29 is 4.79 Å². The molecule has 0 radical (unpaired) electrons. The Morgan fingerprint density at radius 1 is 1.32 bits per heavy atom. The van der Waals surface area contributed by atoms with E-state index in [9.17, 15) is 4.79 Å². The minimum absolute atomic E-state index is 0.162. The van der Waals surface area contributed by atoms with Crippen LogP contribution in [0.15, 0.2) is 28.7 Å². The van der Waals surface area contributed by atoms with Crippen molar-refractivity contribution in [3.05, 3.63) is 34.3 Å². The summed E-state index contributed by atoms with van der Waals surface area (Å²) >= 11 is 8.64. The van der Waals surface area contributed by atoms with Crippen LogP contribution in [0.25, 0.3) is 0 Å². The van der Waals surface area contributed by atoms with Crippen LogP contribution in [-0.4, -0.2) is 54.0 Å². The van der Waals surface area contributed by atoms with Crippen molar-refractivity contribution in [2.75, 3.05) is 33.2 Å². The van der Waals surface area contributed by atoms with Crippen LogP contribution in [0.2, 0.25) is 0 Å². The SMILES string of the molecule is CN1CCN(C(=S)NC(=O)c2cccc(Br)c2)CC1. The smallest absolute Gasteiger partial charge is 0.257 e. The number of carbonyl (C=O) groups excluding carboxylic acids is 1. The van der Waals surface area contributed by atoms with Gasteiger partial charge in [0.1, 0.15) is 0 Å². The summed E-state index contributed by atoms with van der Waals surface area (Å²) in [5.41, 5.74) is 0.603. The van der Waals surface area contributed by atoms with E-state index in [0.29, 0.717) is 10.7 Å². The lowest BCUT2D eigenvalue weighted by atomic mass is 10.2. The molecule has 1 aromatic rings. The number of piperazine rings is 1. The van der Waals surface area contributed by atoms with Crippen LogP contribution in [0, 0.1) is 0 Å². The molecule has 0 bridgehead atoms. The predicted molar refractivity (Wildman–Crippen MR) is 83.3 cm³/mol. The number of rotatable bonds is 1. The lowest BCUT2D eigenvalue weighted by Gasteiger charge is -2.33. The van der Waals surface area contributed by atoms with Crippen molar-refractivity contribution in [1.29, 1.82) is 0 Å². The van der Waals surface area contributed by atoms with Gasteiger partial charge in [0.2, 0.25) is 0 Å². The zero-order valence-electron chi connectivity index (χ0n) is 10.7. The molecule has 102 valence electrons. The van der Waals surface area contributed by atoms with E-state index in [4.69, 9.17) is 12.2 Å². The van der Waals surface area contributed by atoms with Gasteiger partial charge in [0, 0.05) is 36.2 Å². The minimum atomic E-state index is -0.162. The Bertz CT molecular complexity index is 487. The summed E-state index contributed by atoms with van der Waals surface area (Å²) in [6.45, 7) is 3.64. The lowest BCUT2D eigenvalue weighted by Crippen LogP contribution is -2.51. The molecule has 1 N–H and O–H groups in total. The highest BCUT2D eigenvalue weighted by Gasteiger charge is 2.18. The van der Waals surface area contributed by atoms with E-state index >= 15 is 0 Å². The molecule has 2 rings (SSSR count). The quantitative estimate of drug-likeness (QED) is 0.789. The van der Waals surface area contributed by atoms with Gasteiger partial charge < -0.3 is 9.80 Å². The largest absolute Gasteiger partial charge is 0.346 e. The van der Waals surface area contributed by atoms with Gasteiger partial charge >= 0.3 is 0 Å². The summed E-state index contributed by atoms with van der Waals surface area (Å²) < 4.78 is 0.880. The first kappa shape index (κ1) is 14.4. The summed E-state index contributed by atoms with van der Waals surface area (Å²) in [5.74, 6) is -0.162. The first-order valence-corrected chi connectivity index (χ1v) is 7.31. The van der Waals surface area contributed by atoms with E-state index in [-0.39, 0.29) is 5.91 Å². The average Bonchev–Trinajstić information content (AvgIpc) is 2.39. The molecule has 0 atom stereocenters. The van der Waals surface area contributed by atoms with Crippen LogP contribution in [0.5, 0.6) is 0 Å². The van der Waals surface area contributed by atoms with E-state index in [0.717, 1.165) is 30.7 Å². The zero-order valence-corrected chi connectivity index (χ0v) is 13.1. The number of carbonyl (C=O) groups is 1. The highest BCUT2D eigenvalue weighted by molar-refractivity contribution is 9.10. The van der Waals surface area contributed by atoms with Crippen molar-refractivity contribution in [3.8, 4) is 0 Å². The number of amides is 1. The van der Waals surface area contributed by atoms with Gasteiger partial charge in [-0.25, -0.2) is 0 Å². The number of likely N-dealkylation sites (N-methyl/N-ethyl adjacent to an activating group) is 1. The fourth-order valence-electron chi connectivity index (χ4n) is 1.89. The maximum absolute atomic E-state index is 12.1. The first-order chi connectivity index (χ1) is 9.06. The van der Waals surface area contributed by atoms with E-state index < -0.39 is 0 Å². The maximum Gasteiger partial charge on any atom is 0.257 e. The number of benzene rings is 1. The van der Waals surface area contributed by atoms with Crippen molar-refractivity contribution >= 4 is 39.2 Å². The highest BCUT2D eigenvalue weighted by atomic mass is 79.9. The molecule has 1 aromatic carbocycles. The minimum Gasteiger partial charge on any atom is -0.346 e. The second-order valence-electron chi connectivity index (χ2n) is 4.56. The zero-order chi connectivity index (χ0) is 13.8. The van der Waals surface area contributed by atoms with Gasteiger partial charge in [0.15, 0.2) is 5.11 Å². The van der Waals surface area contributed by atoms with Crippen LogP contribution in [0.4, 0.5) is 0 Å². The second-order valence-corrected chi connectivity index (χ2v) is 5.86. The number of hydrogen-bond acceptors (Lipinski definition) is 3. The Labute approximate surface area is 126 Å². The number of nitrogens with zero attached hydrogens (tertiary/aromatic N) is 2. The third-order valence-corrected chi connectivity index (χ3v) is 3.95. The fourth-order valence-corrected chi connectivity index (χ4v) is 2.56. The summed E-state index contributed by atoms with van der Waals surface area (Å²) in [7, 11) is 2.08. The topological polar surface area (TPSA) is 35.6 Å². The Hall–Kier alpha value is -0.980. The molecule has 0 aliphatic carbocycles. The summed E-state index contributed by atoms with van der Waals surface area (Å²) in [6.07, 6.45) is 0. The molecule has 0 saturated carbocycles. The van der Waals surface area contributed by atoms with Crippen LogP contribution in [0.3, 0.4) is 0 Å². The van der Waals surface area contributed by atoms with Gasteiger partial charge in [0.05, 0.1) is 0 Å². The molecule has 1 saturated heterocycles. The van der Waals surface area contributed by atoms with Crippen LogP contribution >= 0.6 is 28.1 Å². The third-order valence-electron chi connectivity index (χ3n) is 3.10. The van der Waals surface area contributed by atoms with Gasteiger partial charge in [-0.2, -0.15) is 0 Å². The summed E-state index contributed by atoms with van der Waals surface area (Å²) in [6, 6.07) is 7.27. The first-order valence-electron chi connectivity index (χ1n) is 6.10. The number of nitrogens with one attached hydrogen (secondary N) is 1. The summed E-state index contributed by atoms with van der Waals surface area (Å²) in [5, 5.41) is 3.30.